The first-order chi connectivity index (χ1) is 13.1. The third-order valence-corrected chi connectivity index (χ3v) is 6.37. The summed E-state index contributed by atoms with van der Waals surface area (Å²) < 4.78 is 0. The van der Waals surface area contributed by atoms with Gasteiger partial charge in [-0.05, 0) is 43.7 Å². The highest BCUT2D eigenvalue weighted by atomic mass is 32.2. The summed E-state index contributed by atoms with van der Waals surface area (Å²) in [4.78, 5) is 28.8. The standard InChI is InChI=1S/C20H16N4OS2/c1-12-13(2)26-19-17(12)20(23-11-22-19)27-15-8-4-3-7-14(15)18(25)24-16-9-5-6-10-21-16/h3-11H,1-2H3,(H,21,24,25). The molecule has 27 heavy (non-hydrogen) atoms. The summed E-state index contributed by atoms with van der Waals surface area (Å²) >= 11 is 3.15. The normalized spacial score (nSPS) is 10.9. The molecule has 0 aliphatic heterocycles. The number of benzene rings is 1. The van der Waals surface area contributed by atoms with Crippen LogP contribution in [0.15, 0.2) is 64.9 Å². The molecule has 4 rings (SSSR count). The molecule has 4 aromatic rings. The Bertz CT molecular complexity index is 1130. The van der Waals surface area contributed by atoms with E-state index in [-0.39, 0.29) is 5.91 Å². The lowest BCUT2D eigenvalue weighted by molar-refractivity contribution is 0.102. The fraction of sp³-hybridized carbons (Fsp3) is 0.100. The van der Waals surface area contributed by atoms with Crippen molar-refractivity contribution >= 4 is 45.0 Å². The SMILES string of the molecule is Cc1sc2ncnc(Sc3ccccc3C(=O)Nc3ccccn3)c2c1C. The van der Waals surface area contributed by atoms with E-state index in [0.717, 1.165) is 20.1 Å². The van der Waals surface area contributed by atoms with Crippen LogP contribution in [0.2, 0.25) is 0 Å². The minimum atomic E-state index is -0.194. The summed E-state index contributed by atoms with van der Waals surface area (Å²) in [5.74, 6) is 0.330. The minimum absolute atomic E-state index is 0.194. The molecule has 1 N–H and O–H groups in total. The summed E-state index contributed by atoms with van der Waals surface area (Å²) in [5, 5.41) is 4.76. The number of thiophene rings is 1. The Hall–Kier alpha value is -2.77. The van der Waals surface area contributed by atoms with E-state index in [4.69, 9.17) is 0 Å². The second-order valence-electron chi connectivity index (χ2n) is 5.91. The molecule has 134 valence electrons. The summed E-state index contributed by atoms with van der Waals surface area (Å²) in [7, 11) is 0. The van der Waals surface area contributed by atoms with Gasteiger partial charge in [0.15, 0.2) is 0 Å². The van der Waals surface area contributed by atoms with Crippen LogP contribution in [0.3, 0.4) is 0 Å². The Kier molecular flexibility index (Phi) is 4.87. The Labute approximate surface area is 164 Å². The van der Waals surface area contributed by atoms with Crippen molar-refractivity contribution in [2.45, 2.75) is 23.8 Å². The highest BCUT2D eigenvalue weighted by Crippen LogP contribution is 2.38. The van der Waals surface area contributed by atoms with Crippen LogP contribution in [0.1, 0.15) is 20.8 Å². The number of nitrogens with one attached hydrogen (secondary N) is 1. The molecular formula is C20H16N4OS2. The van der Waals surface area contributed by atoms with Gasteiger partial charge in [0, 0.05) is 21.4 Å². The number of amides is 1. The molecule has 0 bridgehead atoms. The van der Waals surface area contributed by atoms with Crippen LogP contribution in [0.4, 0.5) is 5.82 Å². The van der Waals surface area contributed by atoms with Gasteiger partial charge in [-0.25, -0.2) is 15.0 Å². The molecule has 0 unspecified atom stereocenters. The minimum Gasteiger partial charge on any atom is -0.307 e. The first-order valence-electron chi connectivity index (χ1n) is 8.33. The molecule has 1 aromatic carbocycles. The predicted molar refractivity (Wildman–Crippen MR) is 110 cm³/mol. The van der Waals surface area contributed by atoms with Crippen molar-refractivity contribution < 1.29 is 4.79 Å². The van der Waals surface area contributed by atoms with E-state index >= 15 is 0 Å². The number of pyridine rings is 1. The number of rotatable bonds is 4. The van der Waals surface area contributed by atoms with Gasteiger partial charge in [-0.2, -0.15) is 0 Å². The summed E-state index contributed by atoms with van der Waals surface area (Å²) in [5.41, 5.74) is 1.78. The van der Waals surface area contributed by atoms with Crippen LogP contribution in [-0.2, 0) is 0 Å². The van der Waals surface area contributed by atoms with E-state index in [0.29, 0.717) is 11.4 Å². The first-order valence-corrected chi connectivity index (χ1v) is 9.97. The number of anilines is 1. The van der Waals surface area contributed by atoms with Crippen LogP contribution in [0.25, 0.3) is 10.2 Å². The molecule has 0 atom stereocenters. The first kappa shape index (κ1) is 17.6. The van der Waals surface area contributed by atoms with Gasteiger partial charge in [-0.1, -0.05) is 30.0 Å². The van der Waals surface area contributed by atoms with Crippen LogP contribution in [0.5, 0.6) is 0 Å². The van der Waals surface area contributed by atoms with Gasteiger partial charge < -0.3 is 5.32 Å². The molecule has 0 aliphatic rings. The Balaban J connectivity index is 1.69. The summed E-state index contributed by atoms with van der Waals surface area (Å²) in [6, 6.07) is 12.9. The van der Waals surface area contributed by atoms with E-state index in [1.807, 2.05) is 36.4 Å². The quantitative estimate of drug-likeness (QED) is 0.489. The Morgan fingerprint density at radius 2 is 1.85 bits per heavy atom. The zero-order valence-corrected chi connectivity index (χ0v) is 16.4. The Morgan fingerprint density at radius 3 is 2.67 bits per heavy atom. The lowest BCUT2D eigenvalue weighted by atomic mass is 10.2. The lowest BCUT2D eigenvalue weighted by Gasteiger charge is -2.10. The van der Waals surface area contributed by atoms with Crippen molar-refractivity contribution in [3.63, 3.8) is 0 Å². The number of nitrogens with zero attached hydrogens (tertiary/aromatic N) is 3. The molecule has 0 radical (unpaired) electrons. The fourth-order valence-corrected chi connectivity index (χ4v) is 4.83. The fourth-order valence-electron chi connectivity index (χ4n) is 2.70. The molecule has 3 heterocycles. The smallest absolute Gasteiger partial charge is 0.257 e. The molecule has 0 saturated heterocycles. The molecule has 0 spiro atoms. The van der Waals surface area contributed by atoms with Crippen molar-refractivity contribution in [3.05, 3.63) is 71.0 Å². The van der Waals surface area contributed by atoms with Crippen molar-refractivity contribution in [3.8, 4) is 0 Å². The van der Waals surface area contributed by atoms with E-state index < -0.39 is 0 Å². The number of aromatic nitrogens is 3. The van der Waals surface area contributed by atoms with Crippen LogP contribution in [0, 0.1) is 13.8 Å². The van der Waals surface area contributed by atoms with E-state index in [9.17, 15) is 4.79 Å². The number of aryl methyl sites for hydroxylation is 2. The second kappa shape index (κ2) is 7.46. The predicted octanol–water partition coefficient (Wildman–Crippen LogP) is 5.11. The van der Waals surface area contributed by atoms with Crippen molar-refractivity contribution in [1.82, 2.24) is 15.0 Å². The molecule has 5 nitrogen and oxygen atoms in total. The monoisotopic (exact) mass is 392 g/mol. The number of fused-ring (bicyclic) bond motifs is 1. The maximum absolute atomic E-state index is 12.8. The average molecular weight is 393 g/mol. The third-order valence-electron chi connectivity index (χ3n) is 4.18. The van der Waals surface area contributed by atoms with Crippen LogP contribution >= 0.6 is 23.1 Å². The largest absolute Gasteiger partial charge is 0.307 e. The molecular weight excluding hydrogens is 376 g/mol. The lowest BCUT2D eigenvalue weighted by Crippen LogP contribution is -2.13. The highest BCUT2D eigenvalue weighted by molar-refractivity contribution is 7.99. The van der Waals surface area contributed by atoms with Gasteiger partial charge in [-0.15, -0.1) is 11.3 Å². The van der Waals surface area contributed by atoms with Gasteiger partial charge in [0.25, 0.3) is 5.91 Å². The topological polar surface area (TPSA) is 67.8 Å². The van der Waals surface area contributed by atoms with E-state index in [1.165, 1.54) is 22.2 Å². The van der Waals surface area contributed by atoms with Crippen LogP contribution < -0.4 is 5.32 Å². The molecule has 0 fully saturated rings. The number of hydrogen-bond acceptors (Lipinski definition) is 6. The second-order valence-corrected chi connectivity index (χ2v) is 8.14. The zero-order valence-electron chi connectivity index (χ0n) is 14.8. The third kappa shape index (κ3) is 3.56. The van der Waals surface area contributed by atoms with Gasteiger partial charge in [-0.3, -0.25) is 4.79 Å². The van der Waals surface area contributed by atoms with Crippen molar-refractivity contribution in [1.29, 1.82) is 0 Å². The number of carbonyl (C=O) groups excluding carboxylic acids is 1. The van der Waals surface area contributed by atoms with E-state index in [2.05, 4.69) is 34.1 Å². The molecule has 7 heteroatoms. The molecule has 1 amide bonds. The van der Waals surface area contributed by atoms with Gasteiger partial charge in [0.2, 0.25) is 0 Å². The molecule has 0 aliphatic carbocycles. The Morgan fingerprint density at radius 1 is 1.04 bits per heavy atom. The van der Waals surface area contributed by atoms with Gasteiger partial charge in [0.1, 0.15) is 22.0 Å². The number of hydrogen-bond donors (Lipinski definition) is 1. The maximum atomic E-state index is 12.8. The summed E-state index contributed by atoms with van der Waals surface area (Å²) in [6.07, 6.45) is 3.23. The van der Waals surface area contributed by atoms with Gasteiger partial charge in [0.05, 0.1) is 5.56 Å². The molecule has 0 saturated carbocycles. The average Bonchev–Trinajstić information content (AvgIpc) is 2.98. The van der Waals surface area contributed by atoms with Crippen LogP contribution in [-0.4, -0.2) is 20.9 Å². The van der Waals surface area contributed by atoms with Gasteiger partial charge >= 0.3 is 0 Å². The highest BCUT2D eigenvalue weighted by Gasteiger charge is 2.17. The molecule has 3 aromatic heterocycles. The zero-order chi connectivity index (χ0) is 18.8. The van der Waals surface area contributed by atoms with Crippen molar-refractivity contribution in [2.24, 2.45) is 0 Å². The van der Waals surface area contributed by atoms with E-state index in [1.54, 1.807) is 29.9 Å². The van der Waals surface area contributed by atoms with Crippen molar-refractivity contribution in [2.75, 3.05) is 5.32 Å². The maximum Gasteiger partial charge on any atom is 0.257 e. The summed E-state index contributed by atoms with van der Waals surface area (Å²) in [6.45, 7) is 4.17. The number of carbonyl (C=O) groups is 1.